The summed E-state index contributed by atoms with van der Waals surface area (Å²) in [7, 11) is 0. The molecule has 0 bridgehead atoms. The van der Waals surface area contributed by atoms with Crippen molar-refractivity contribution in [1.29, 1.82) is 0 Å². The van der Waals surface area contributed by atoms with Crippen molar-refractivity contribution in [2.24, 2.45) is 5.92 Å². The van der Waals surface area contributed by atoms with E-state index in [1.165, 1.54) is 43.2 Å². The van der Waals surface area contributed by atoms with Gasteiger partial charge in [0, 0.05) is 0 Å². The van der Waals surface area contributed by atoms with Crippen molar-refractivity contribution in [3.63, 3.8) is 0 Å². The quantitative estimate of drug-likeness (QED) is 0.517. The molecule has 0 nitrogen and oxygen atoms in total. The Morgan fingerprint density at radius 2 is 1.22 bits per heavy atom. The highest BCUT2D eigenvalue weighted by Crippen LogP contribution is 2.45. The topological polar surface area (TPSA) is 0 Å². The molecule has 0 heterocycles. The molecule has 0 spiro atoms. The van der Waals surface area contributed by atoms with Crippen LogP contribution in [0.1, 0.15) is 90.0 Å². The molecule has 0 saturated heterocycles. The molecule has 1 aliphatic rings. The first-order valence-electron chi connectivity index (χ1n) is 10.8. The molecule has 3 rings (SSSR count). The molecule has 2 aromatic rings. The fourth-order valence-electron chi connectivity index (χ4n) is 3.93. The zero-order valence-electron chi connectivity index (χ0n) is 18.7. The van der Waals surface area contributed by atoms with Crippen molar-refractivity contribution in [3.8, 4) is 0 Å². The van der Waals surface area contributed by atoms with E-state index in [4.69, 9.17) is 0 Å². The lowest BCUT2D eigenvalue weighted by Gasteiger charge is -2.42. The average Bonchev–Trinajstić information content (AvgIpc) is 2.60. The summed E-state index contributed by atoms with van der Waals surface area (Å²) in [5, 5.41) is 0. The largest absolute Gasteiger partial charge is 0.0630 e. The van der Waals surface area contributed by atoms with Crippen molar-refractivity contribution in [2.45, 2.75) is 91.4 Å². The summed E-state index contributed by atoms with van der Waals surface area (Å²) in [6, 6.07) is 18.1. The van der Waals surface area contributed by atoms with Crippen LogP contribution in [0.2, 0.25) is 0 Å². The molecule has 1 aliphatic carbocycles. The minimum absolute atomic E-state index is 0.320. The third-order valence-electron chi connectivity index (χ3n) is 5.69. The Kier molecular flexibility index (Phi) is 7.32. The normalized spacial score (nSPS) is 17.0. The van der Waals surface area contributed by atoms with Gasteiger partial charge in [0.1, 0.15) is 0 Å². The van der Waals surface area contributed by atoms with Gasteiger partial charge in [0.15, 0.2) is 0 Å². The van der Waals surface area contributed by atoms with Crippen molar-refractivity contribution >= 4 is 0 Å². The average molecular weight is 365 g/mol. The van der Waals surface area contributed by atoms with Crippen LogP contribution in [-0.4, -0.2) is 0 Å². The van der Waals surface area contributed by atoms with Gasteiger partial charge in [-0.15, -0.1) is 0 Å². The smallest absolute Gasteiger partial charge is 0.0100 e. The van der Waals surface area contributed by atoms with Crippen molar-refractivity contribution in [2.75, 3.05) is 0 Å². The van der Waals surface area contributed by atoms with Crippen LogP contribution in [0.25, 0.3) is 0 Å². The molecule has 0 radical (unpaired) electrons. The molecular formula is C27H40. The fraction of sp³-hybridized carbons (Fsp3) is 0.556. The van der Waals surface area contributed by atoms with E-state index >= 15 is 0 Å². The third-order valence-corrected chi connectivity index (χ3v) is 5.69. The zero-order chi connectivity index (χ0) is 20.1. The molecule has 0 aromatic heterocycles. The van der Waals surface area contributed by atoms with Crippen LogP contribution in [0.15, 0.2) is 48.5 Å². The molecule has 0 aliphatic heterocycles. The number of benzene rings is 2. The summed E-state index contributed by atoms with van der Waals surface area (Å²) in [5.41, 5.74) is 6.76. The molecule has 148 valence electrons. The van der Waals surface area contributed by atoms with Crippen molar-refractivity contribution in [3.05, 3.63) is 70.8 Å². The van der Waals surface area contributed by atoms with Gasteiger partial charge in [-0.05, 0) is 71.1 Å². The third kappa shape index (κ3) is 6.23. The number of hydrogen-bond acceptors (Lipinski definition) is 0. The summed E-state index contributed by atoms with van der Waals surface area (Å²) < 4.78 is 0. The first-order valence-corrected chi connectivity index (χ1v) is 10.8. The van der Waals surface area contributed by atoms with Crippen LogP contribution in [-0.2, 0) is 23.7 Å². The second-order valence-electron chi connectivity index (χ2n) is 10.2. The van der Waals surface area contributed by atoms with E-state index in [2.05, 4.69) is 97.0 Å². The zero-order valence-corrected chi connectivity index (χ0v) is 18.7. The van der Waals surface area contributed by atoms with Gasteiger partial charge in [0.2, 0.25) is 0 Å². The molecule has 0 N–H and O–H groups in total. The molecule has 0 amide bonds. The van der Waals surface area contributed by atoms with E-state index in [-0.39, 0.29) is 0 Å². The number of rotatable bonds is 4. The summed E-state index contributed by atoms with van der Waals surface area (Å²) in [4.78, 5) is 0. The van der Waals surface area contributed by atoms with Gasteiger partial charge in [-0.1, -0.05) is 97.0 Å². The number of fused-ring (bicyclic) bond motifs is 1. The second-order valence-corrected chi connectivity index (χ2v) is 10.2. The Labute approximate surface area is 168 Å². The minimum atomic E-state index is 0.320. The Balaban J connectivity index is 0.000000596. The molecule has 0 heteroatoms. The lowest BCUT2D eigenvalue weighted by molar-refractivity contribution is 0.331. The SMILES string of the molecule is CC(C)C.CC1(C)CCC(C)(C)c2cc(CCCc3ccccc3)ccc21. The van der Waals surface area contributed by atoms with E-state index in [0.717, 1.165) is 5.92 Å². The standard InChI is InChI=1S/C23H30.C4H10/c1-22(2)15-16-23(3,4)21-17-19(13-14-20(21)22)12-8-11-18-9-6-5-7-10-18;1-4(2)3/h5-7,9-10,13-14,17H,8,11-12,15-16H2,1-4H3;4H,1-3H3. The van der Waals surface area contributed by atoms with E-state index in [1.54, 1.807) is 11.1 Å². The van der Waals surface area contributed by atoms with E-state index < -0.39 is 0 Å². The molecular weight excluding hydrogens is 324 g/mol. The Morgan fingerprint density at radius 1 is 0.704 bits per heavy atom. The van der Waals surface area contributed by atoms with E-state index in [9.17, 15) is 0 Å². The maximum Gasteiger partial charge on any atom is -0.0100 e. The van der Waals surface area contributed by atoms with Gasteiger partial charge in [-0.3, -0.25) is 0 Å². The summed E-state index contributed by atoms with van der Waals surface area (Å²) in [6.07, 6.45) is 6.17. The Bertz CT molecular complexity index is 701. The van der Waals surface area contributed by atoms with Gasteiger partial charge >= 0.3 is 0 Å². The minimum Gasteiger partial charge on any atom is -0.0630 e. The Hall–Kier alpha value is -1.56. The van der Waals surface area contributed by atoms with Crippen molar-refractivity contribution < 1.29 is 0 Å². The van der Waals surface area contributed by atoms with Crippen LogP contribution in [0, 0.1) is 5.92 Å². The molecule has 27 heavy (non-hydrogen) atoms. The van der Waals surface area contributed by atoms with Crippen LogP contribution in [0.5, 0.6) is 0 Å². The summed E-state index contributed by atoms with van der Waals surface area (Å²) >= 11 is 0. The predicted octanol–water partition coefficient (Wildman–Crippen LogP) is 7.87. The molecule has 0 fully saturated rings. The Morgan fingerprint density at radius 3 is 1.81 bits per heavy atom. The monoisotopic (exact) mass is 364 g/mol. The first kappa shape index (κ1) is 21.7. The highest BCUT2D eigenvalue weighted by Gasteiger charge is 2.36. The summed E-state index contributed by atoms with van der Waals surface area (Å²) in [6.45, 7) is 16.1. The number of hydrogen-bond donors (Lipinski definition) is 0. The highest BCUT2D eigenvalue weighted by atomic mass is 14.4. The lowest BCUT2D eigenvalue weighted by atomic mass is 9.63. The van der Waals surface area contributed by atoms with Gasteiger partial charge in [-0.25, -0.2) is 0 Å². The molecule has 2 aromatic carbocycles. The number of aryl methyl sites for hydroxylation is 2. The highest BCUT2D eigenvalue weighted by molar-refractivity contribution is 5.43. The second kappa shape index (κ2) is 9.09. The van der Waals surface area contributed by atoms with Crippen LogP contribution in [0.4, 0.5) is 0 Å². The fourth-order valence-corrected chi connectivity index (χ4v) is 3.93. The van der Waals surface area contributed by atoms with Gasteiger partial charge in [-0.2, -0.15) is 0 Å². The van der Waals surface area contributed by atoms with Gasteiger partial charge in [0.05, 0.1) is 0 Å². The van der Waals surface area contributed by atoms with E-state index in [1.807, 2.05) is 0 Å². The maximum atomic E-state index is 2.50. The maximum absolute atomic E-state index is 2.50. The van der Waals surface area contributed by atoms with Crippen LogP contribution < -0.4 is 0 Å². The van der Waals surface area contributed by atoms with Crippen LogP contribution in [0.3, 0.4) is 0 Å². The molecule has 0 unspecified atom stereocenters. The van der Waals surface area contributed by atoms with Crippen LogP contribution >= 0.6 is 0 Å². The van der Waals surface area contributed by atoms with Crippen molar-refractivity contribution in [1.82, 2.24) is 0 Å². The van der Waals surface area contributed by atoms with Gasteiger partial charge < -0.3 is 0 Å². The van der Waals surface area contributed by atoms with E-state index in [0.29, 0.717) is 10.8 Å². The lowest BCUT2D eigenvalue weighted by Crippen LogP contribution is -2.33. The first-order chi connectivity index (χ1) is 12.6. The molecule has 0 atom stereocenters. The summed E-state index contributed by atoms with van der Waals surface area (Å²) in [5.74, 6) is 0.833. The predicted molar refractivity (Wildman–Crippen MR) is 121 cm³/mol. The molecule has 0 saturated carbocycles. The van der Waals surface area contributed by atoms with Gasteiger partial charge in [0.25, 0.3) is 0 Å².